The standard InChI is InChI=1S/C14H19N3OS2/c1-17(2)13(11-5-7-19-10-11)9-16-14(18)15-8-12-4-3-6-20-12/h3-7,10,13H,8-9H2,1-2H3,(H2,15,16,18)/t13-/m0/s1. The third-order valence-electron chi connectivity index (χ3n) is 3.01. The molecule has 2 aromatic heterocycles. The number of nitrogens with one attached hydrogen (secondary N) is 2. The zero-order valence-corrected chi connectivity index (χ0v) is 13.3. The van der Waals surface area contributed by atoms with E-state index in [4.69, 9.17) is 0 Å². The van der Waals surface area contributed by atoms with Crippen molar-refractivity contribution in [3.63, 3.8) is 0 Å². The highest BCUT2D eigenvalue weighted by Crippen LogP contribution is 2.19. The van der Waals surface area contributed by atoms with Crippen molar-refractivity contribution in [2.75, 3.05) is 20.6 Å². The summed E-state index contributed by atoms with van der Waals surface area (Å²) in [7, 11) is 4.04. The van der Waals surface area contributed by atoms with Gasteiger partial charge < -0.3 is 15.5 Å². The maximum absolute atomic E-state index is 11.8. The van der Waals surface area contributed by atoms with Crippen LogP contribution in [0.25, 0.3) is 0 Å². The summed E-state index contributed by atoms with van der Waals surface area (Å²) < 4.78 is 0. The molecule has 0 aromatic carbocycles. The van der Waals surface area contributed by atoms with E-state index in [1.165, 1.54) is 5.56 Å². The highest BCUT2D eigenvalue weighted by atomic mass is 32.1. The van der Waals surface area contributed by atoms with E-state index in [1.54, 1.807) is 22.7 Å². The Balaban J connectivity index is 1.79. The van der Waals surface area contributed by atoms with Gasteiger partial charge in [0.15, 0.2) is 0 Å². The molecule has 0 aliphatic carbocycles. The fraction of sp³-hybridized carbons (Fsp3) is 0.357. The predicted octanol–water partition coefficient (Wildman–Crippen LogP) is 2.91. The van der Waals surface area contributed by atoms with Gasteiger partial charge in [-0.25, -0.2) is 4.79 Å². The van der Waals surface area contributed by atoms with Crippen LogP contribution in [0.5, 0.6) is 0 Å². The molecule has 0 radical (unpaired) electrons. The number of carbonyl (C=O) groups is 1. The minimum Gasteiger partial charge on any atom is -0.336 e. The molecule has 0 saturated carbocycles. The molecule has 0 aliphatic rings. The van der Waals surface area contributed by atoms with Crippen molar-refractivity contribution in [1.29, 1.82) is 0 Å². The molecule has 2 N–H and O–H groups in total. The number of urea groups is 1. The molecule has 4 nitrogen and oxygen atoms in total. The Bertz CT molecular complexity index is 509. The maximum atomic E-state index is 11.8. The first kappa shape index (κ1) is 15.0. The normalized spacial score (nSPS) is 12.3. The lowest BCUT2D eigenvalue weighted by molar-refractivity contribution is 0.232. The Hall–Kier alpha value is -1.37. The molecule has 2 aromatic rings. The number of thiophene rings is 2. The van der Waals surface area contributed by atoms with Gasteiger partial charge in [-0.05, 0) is 47.9 Å². The maximum Gasteiger partial charge on any atom is 0.315 e. The summed E-state index contributed by atoms with van der Waals surface area (Å²) in [4.78, 5) is 15.1. The summed E-state index contributed by atoms with van der Waals surface area (Å²) in [6, 6.07) is 6.17. The van der Waals surface area contributed by atoms with Crippen molar-refractivity contribution in [3.05, 3.63) is 44.8 Å². The van der Waals surface area contributed by atoms with Crippen LogP contribution in [-0.2, 0) is 6.54 Å². The summed E-state index contributed by atoms with van der Waals surface area (Å²) in [6.45, 7) is 1.18. The minimum atomic E-state index is -0.125. The Labute approximate surface area is 127 Å². The Kier molecular flexibility index (Phi) is 5.58. The second-order valence-corrected chi connectivity index (χ2v) is 6.49. The lowest BCUT2D eigenvalue weighted by Gasteiger charge is -2.24. The van der Waals surface area contributed by atoms with Gasteiger partial charge in [-0.1, -0.05) is 6.07 Å². The number of hydrogen-bond acceptors (Lipinski definition) is 4. The van der Waals surface area contributed by atoms with Gasteiger partial charge in [-0.15, -0.1) is 11.3 Å². The molecular formula is C14H19N3OS2. The quantitative estimate of drug-likeness (QED) is 0.862. The van der Waals surface area contributed by atoms with E-state index in [1.807, 2.05) is 31.6 Å². The molecule has 2 amide bonds. The van der Waals surface area contributed by atoms with Crippen molar-refractivity contribution in [2.24, 2.45) is 0 Å². The second-order valence-electron chi connectivity index (χ2n) is 4.68. The lowest BCUT2D eigenvalue weighted by atomic mass is 10.1. The fourth-order valence-corrected chi connectivity index (χ4v) is 3.25. The van der Waals surface area contributed by atoms with E-state index in [-0.39, 0.29) is 12.1 Å². The number of nitrogens with zero attached hydrogens (tertiary/aromatic N) is 1. The van der Waals surface area contributed by atoms with Crippen molar-refractivity contribution >= 4 is 28.7 Å². The Morgan fingerprint density at radius 3 is 2.75 bits per heavy atom. The molecule has 2 rings (SSSR count). The number of rotatable bonds is 6. The molecule has 0 fully saturated rings. The monoisotopic (exact) mass is 309 g/mol. The molecule has 20 heavy (non-hydrogen) atoms. The van der Waals surface area contributed by atoms with Gasteiger partial charge in [0.1, 0.15) is 0 Å². The molecule has 6 heteroatoms. The van der Waals surface area contributed by atoms with E-state index in [9.17, 15) is 4.79 Å². The molecule has 0 spiro atoms. The molecule has 1 atom stereocenters. The topological polar surface area (TPSA) is 44.4 Å². The van der Waals surface area contributed by atoms with E-state index in [0.717, 1.165) is 4.88 Å². The van der Waals surface area contributed by atoms with Crippen LogP contribution in [0.1, 0.15) is 16.5 Å². The van der Waals surface area contributed by atoms with Crippen LogP contribution in [0, 0.1) is 0 Å². The molecule has 0 bridgehead atoms. The third kappa shape index (κ3) is 4.33. The molecule has 0 aliphatic heterocycles. The van der Waals surface area contributed by atoms with Gasteiger partial charge in [-0.2, -0.15) is 11.3 Å². The number of amides is 2. The average Bonchev–Trinajstić information content (AvgIpc) is 3.09. The van der Waals surface area contributed by atoms with Gasteiger partial charge in [-0.3, -0.25) is 0 Å². The van der Waals surface area contributed by atoms with E-state index < -0.39 is 0 Å². The van der Waals surface area contributed by atoms with Crippen LogP contribution in [0.3, 0.4) is 0 Å². The molecule has 2 heterocycles. The van der Waals surface area contributed by atoms with Gasteiger partial charge in [0.2, 0.25) is 0 Å². The van der Waals surface area contributed by atoms with Crippen molar-refractivity contribution < 1.29 is 4.79 Å². The second kappa shape index (κ2) is 7.42. The van der Waals surface area contributed by atoms with Crippen molar-refractivity contribution in [2.45, 2.75) is 12.6 Å². The van der Waals surface area contributed by atoms with Crippen LogP contribution in [0.4, 0.5) is 4.79 Å². The number of hydrogen-bond donors (Lipinski definition) is 2. The number of carbonyl (C=O) groups excluding carboxylic acids is 1. The average molecular weight is 309 g/mol. The van der Waals surface area contributed by atoms with Crippen LogP contribution >= 0.6 is 22.7 Å². The largest absolute Gasteiger partial charge is 0.336 e. The van der Waals surface area contributed by atoms with Gasteiger partial charge in [0.05, 0.1) is 12.6 Å². The minimum absolute atomic E-state index is 0.125. The van der Waals surface area contributed by atoms with Crippen LogP contribution < -0.4 is 10.6 Å². The summed E-state index contributed by atoms with van der Waals surface area (Å²) >= 11 is 3.32. The first-order chi connectivity index (χ1) is 9.66. The Morgan fingerprint density at radius 2 is 2.15 bits per heavy atom. The van der Waals surface area contributed by atoms with Crippen LogP contribution in [0.15, 0.2) is 34.3 Å². The zero-order valence-electron chi connectivity index (χ0n) is 11.6. The summed E-state index contributed by atoms with van der Waals surface area (Å²) in [5.41, 5.74) is 1.23. The van der Waals surface area contributed by atoms with Gasteiger partial charge in [0.25, 0.3) is 0 Å². The van der Waals surface area contributed by atoms with Gasteiger partial charge >= 0.3 is 6.03 Å². The molecule has 0 unspecified atom stereocenters. The van der Waals surface area contributed by atoms with Crippen LogP contribution in [-0.4, -0.2) is 31.6 Å². The molecular weight excluding hydrogens is 290 g/mol. The van der Waals surface area contributed by atoms with Gasteiger partial charge in [0, 0.05) is 11.4 Å². The number of likely N-dealkylation sites (N-methyl/N-ethyl adjacent to an activating group) is 1. The van der Waals surface area contributed by atoms with Crippen molar-refractivity contribution in [3.8, 4) is 0 Å². The smallest absolute Gasteiger partial charge is 0.315 e. The summed E-state index contributed by atoms with van der Waals surface area (Å²) in [5, 5.41) is 12.0. The zero-order chi connectivity index (χ0) is 14.4. The highest BCUT2D eigenvalue weighted by molar-refractivity contribution is 7.09. The summed E-state index contributed by atoms with van der Waals surface area (Å²) in [5.74, 6) is 0. The lowest BCUT2D eigenvalue weighted by Crippen LogP contribution is -2.40. The predicted molar refractivity (Wildman–Crippen MR) is 85.3 cm³/mol. The fourth-order valence-electron chi connectivity index (χ4n) is 1.90. The Morgan fingerprint density at radius 1 is 1.30 bits per heavy atom. The van der Waals surface area contributed by atoms with E-state index in [0.29, 0.717) is 13.1 Å². The highest BCUT2D eigenvalue weighted by Gasteiger charge is 2.15. The van der Waals surface area contributed by atoms with Crippen molar-refractivity contribution in [1.82, 2.24) is 15.5 Å². The van der Waals surface area contributed by atoms with E-state index in [2.05, 4.69) is 32.4 Å². The molecule has 108 valence electrons. The molecule has 0 saturated heterocycles. The third-order valence-corrected chi connectivity index (χ3v) is 4.59. The first-order valence-corrected chi connectivity index (χ1v) is 8.21. The van der Waals surface area contributed by atoms with Crippen LogP contribution in [0.2, 0.25) is 0 Å². The summed E-state index contributed by atoms with van der Waals surface area (Å²) in [6.07, 6.45) is 0. The SMILES string of the molecule is CN(C)[C@@H](CNC(=O)NCc1cccs1)c1ccsc1. The first-order valence-electron chi connectivity index (χ1n) is 6.39. The van der Waals surface area contributed by atoms with E-state index >= 15 is 0 Å².